The zero-order valence-corrected chi connectivity index (χ0v) is 10.9. The third-order valence-corrected chi connectivity index (χ3v) is 1.66. The van der Waals surface area contributed by atoms with Crippen molar-refractivity contribution in [3.8, 4) is 0 Å². The fraction of sp³-hybridized carbons (Fsp3) is 0.818. The Morgan fingerprint density at radius 3 is 2.24 bits per heavy atom. The zero-order valence-electron chi connectivity index (χ0n) is 10.9. The van der Waals surface area contributed by atoms with E-state index >= 15 is 0 Å². The number of esters is 1. The molecule has 1 amide bonds. The molecule has 100 valence electrons. The lowest BCUT2D eigenvalue weighted by Gasteiger charge is -2.22. The molecular weight excluding hydrogens is 226 g/mol. The van der Waals surface area contributed by atoms with Crippen LogP contribution in [0, 0.1) is 0 Å². The topological polar surface area (TPSA) is 84.9 Å². The summed E-state index contributed by atoms with van der Waals surface area (Å²) in [6, 6.07) is -0.821. The van der Waals surface area contributed by atoms with Gasteiger partial charge in [0, 0.05) is 0 Å². The summed E-state index contributed by atoms with van der Waals surface area (Å²) in [5.41, 5.74) is -0.619. The van der Waals surface area contributed by atoms with Crippen molar-refractivity contribution >= 4 is 12.1 Å². The number of carbonyl (C=O) groups is 2. The number of ether oxygens (including phenoxy) is 2. The molecule has 6 heteroatoms. The predicted octanol–water partition coefficient (Wildman–Crippen LogP) is 0.824. The van der Waals surface area contributed by atoms with E-state index in [4.69, 9.17) is 14.6 Å². The monoisotopic (exact) mass is 247 g/mol. The average molecular weight is 247 g/mol. The van der Waals surface area contributed by atoms with Crippen molar-refractivity contribution < 1.29 is 24.2 Å². The van der Waals surface area contributed by atoms with Crippen LogP contribution >= 0.6 is 0 Å². The van der Waals surface area contributed by atoms with Crippen LogP contribution in [0.25, 0.3) is 0 Å². The largest absolute Gasteiger partial charge is 0.459 e. The van der Waals surface area contributed by atoms with Crippen molar-refractivity contribution in [2.45, 2.75) is 52.4 Å². The molecule has 0 saturated carbocycles. The number of alkyl carbamates (subject to hydrolysis) is 1. The quantitative estimate of drug-likeness (QED) is 0.718. The van der Waals surface area contributed by atoms with Crippen LogP contribution in [0.3, 0.4) is 0 Å². The lowest BCUT2D eigenvalue weighted by Crippen LogP contribution is -2.43. The van der Waals surface area contributed by atoms with E-state index in [0.29, 0.717) is 0 Å². The Morgan fingerprint density at radius 2 is 1.82 bits per heavy atom. The molecule has 0 fully saturated rings. The number of aliphatic hydroxyl groups excluding tert-OH is 1. The van der Waals surface area contributed by atoms with Gasteiger partial charge in [-0.3, -0.25) is 0 Å². The van der Waals surface area contributed by atoms with Crippen LogP contribution < -0.4 is 5.32 Å². The van der Waals surface area contributed by atoms with Crippen molar-refractivity contribution in [2.24, 2.45) is 0 Å². The molecule has 0 radical (unpaired) electrons. The maximum atomic E-state index is 11.4. The van der Waals surface area contributed by atoms with Crippen molar-refractivity contribution in [2.75, 3.05) is 6.61 Å². The number of hydrogen-bond acceptors (Lipinski definition) is 5. The van der Waals surface area contributed by atoms with E-state index in [9.17, 15) is 9.59 Å². The van der Waals surface area contributed by atoms with E-state index in [-0.39, 0.29) is 6.61 Å². The van der Waals surface area contributed by atoms with Gasteiger partial charge in [0.15, 0.2) is 0 Å². The average Bonchev–Trinajstić information content (AvgIpc) is 2.14. The second-order valence-electron chi connectivity index (χ2n) is 4.80. The SMILES string of the molecule is CC(CO)OC(=O)C(C)NC(=O)OC(C)(C)C. The highest BCUT2D eigenvalue weighted by Crippen LogP contribution is 2.07. The van der Waals surface area contributed by atoms with Gasteiger partial charge in [0.05, 0.1) is 6.61 Å². The Bertz CT molecular complexity index is 272. The maximum Gasteiger partial charge on any atom is 0.408 e. The molecule has 0 heterocycles. The van der Waals surface area contributed by atoms with Gasteiger partial charge in [-0.1, -0.05) is 0 Å². The Hall–Kier alpha value is -1.30. The molecular formula is C11H21NO5. The molecule has 2 unspecified atom stereocenters. The standard InChI is InChI=1S/C11H21NO5/c1-7(6-13)16-9(14)8(2)12-10(15)17-11(3,4)5/h7-8,13H,6H2,1-5H3,(H,12,15). The molecule has 0 aliphatic rings. The van der Waals surface area contributed by atoms with Gasteiger partial charge in [-0.25, -0.2) is 9.59 Å². The van der Waals surface area contributed by atoms with Gasteiger partial charge in [-0.15, -0.1) is 0 Å². The smallest absolute Gasteiger partial charge is 0.408 e. The molecule has 0 aromatic rings. The second-order valence-corrected chi connectivity index (χ2v) is 4.80. The van der Waals surface area contributed by atoms with Crippen LogP contribution in [0.15, 0.2) is 0 Å². The van der Waals surface area contributed by atoms with Crippen molar-refractivity contribution in [3.05, 3.63) is 0 Å². The number of aliphatic hydroxyl groups is 1. The first kappa shape index (κ1) is 15.7. The molecule has 17 heavy (non-hydrogen) atoms. The van der Waals surface area contributed by atoms with Gasteiger partial charge in [0.25, 0.3) is 0 Å². The number of nitrogens with one attached hydrogen (secondary N) is 1. The lowest BCUT2D eigenvalue weighted by atomic mass is 10.2. The fourth-order valence-electron chi connectivity index (χ4n) is 0.881. The minimum atomic E-state index is -0.821. The molecule has 0 aromatic heterocycles. The molecule has 0 aromatic carbocycles. The minimum Gasteiger partial charge on any atom is -0.459 e. The van der Waals surface area contributed by atoms with E-state index in [0.717, 1.165) is 0 Å². The minimum absolute atomic E-state index is 0.259. The third-order valence-electron chi connectivity index (χ3n) is 1.66. The van der Waals surface area contributed by atoms with E-state index in [1.54, 1.807) is 27.7 Å². The number of hydrogen-bond donors (Lipinski definition) is 2. The molecule has 0 rings (SSSR count). The summed E-state index contributed by atoms with van der Waals surface area (Å²) in [7, 11) is 0. The summed E-state index contributed by atoms with van der Waals surface area (Å²) in [4.78, 5) is 22.7. The Labute approximate surface area is 101 Å². The van der Waals surface area contributed by atoms with Crippen LogP contribution in [0.5, 0.6) is 0 Å². The van der Waals surface area contributed by atoms with Crippen molar-refractivity contribution in [3.63, 3.8) is 0 Å². The molecule has 6 nitrogen and oxygen atoms in total. The van der Waals surface area contributed by atoms with Crippen LogP contribution in [-0.2, 0) is 14.3 Å². The molecule has 0 bridgehead atoms. The van der Waals surface area contributed by atoms with Crippen LogP contribution in [0.1, 0.15) is 34.6 Å². The first-order valence-electron chi connectivity index (χ1n) is 5.46. The van der Waals surface area contributed by atoms with Crippen molar-refractivity contribution in [1.29, 1.82) is 0 Å². The first-order chi connectivity index (χ1) is 7.65. The molecule has 0 aliphatic heterocycles. The fourth-order valence-corrected chi connectivity index (χ4v) is 0.881. The van der Waals surface area contributed by atoms with Gasteiger partial charge in [0.1, 0.15) is 17.7 Å². The number of rotatable bonds is 4. The highest BCUT2D eigenvalue weighted by molar-refractivity contribution is 5.81. The van der Waals surface area contributed by atoms with Gasteiger partial charge in [0.2, 0.25) is 0 Å². The second kappa shape index (κ2) is 6.44. The Kier molecular flexibility index (Phi) is 5.95. The first-order valence-corrected chi connectivity index (χ1v) is 5.46. The van der Waals surface area contributed by atoms with Crippen LogP contribution in [0.2, 0.25) is 0 Å². The van der Waals surface area contributed by atoms with E-state index in [2.05, 4.69) is 5.32 Å². The summed E-state index contributed by atoms with van der Waals surface area (Å²) in [6.07, 6.45) is -1.27. The van der Waals surface area contributed by atoms with Gasteiger partial charge < -0.3 is 19.9 Å². The lowest BCUT2D eigenvalue weighted by molar-refractivity contribution is -0.152. The Balaban J connectivity index is 4.12. The zero-order chi connectivity index (χ0) is 13.6. The molecule has 2 atom stereocenters. The highest BCUT2D eigenvalue weighted by Gasteiger charge is 2.22. The van der Waals surface area contributed by atoms with Gasteiger partial charge in [-0.2, -0.15) is 0 Å². The van der Waals surface area contributed by atoms with Crippen LogP contribution in [-0.4, -0.2) is 41.5 Å². The molecule has 0 saturated heterocycles. The molecule has 0 spiro atoms. The third kappa shape index (κ3) is 7.57. The predicted molar refractivity (Wildman–Crippen MR) is 61.5 cm³/mol. The van der Waals surface area contributed by atoms with Crippen LogP contribution in [0.4, 0.5) is 4.79 Å². The summed E-state index contributed by atoms with van der Waals surface area (Å²) in [6.45, 7) is 7.95. The van der Waals surface area contributed by atoms with E-state index in [1.165, 1.54) is 6.92 Å². The molecule has 2 N–H and O–H groups in total. The normalized spacial score (nSPS) is 14.7. The summed E-state index contributed by atoms with van der Waals surface area (Å²) in [5.74, 6) is -0.614. The maximum absolute atomic E-state index is 11.4. The van der Waals surface area contributed by atoms with Crippen molar-refractivity contribution in [1.82, 2.24) is 5.32 Å². The van der Waals surface area contributed by atoms with Gasteiger partial charge >= 0.3 is 12.1 Å². The summed E-state index contributed by atoms with van der Waals surface area (Å²) in [5, 5.41) is 11.1. The van der Waals surface area contributed by atoms with E-state index < -0.39 is 29.8 Å². The Morgan fingerprint density at radius 1 is 1.29 bits per heavy atom. The summed E-state index contributed by atoms with van der Waals surface area (Å²) >= 11 is 0. The number of amides is 1. The highest BCUT2D eigenvalue weighted by atomic mass is 16.6. The number of carbonyl (C=O) groups excluding carboxylic acids is 2. The summed E-state index contributed by atoms with van der Waals surface area (Å²) < 4.78 is 9.82. The molecule has 0 aliphatic carbocycles. The van der Waals surface area contributed by atoms with E-state index in [1.807, 2.05) is 0 Å². The van der Waals surface area contributed by atoms with Gasteiger partial charge in [-0.05, 0) is 34.6 Å².